The molecule has 1 amide bonds. The Bertz CT molecular complexity index is 975. The molecule has 3 heterocycles. The fraction of sp³-hybridized carbons (Fsp3) is 0.526. The number of nitrogens with one attached hydrogen (secondary N) is 2. The lowest BCUT2D eigenvalue weighted by molar-refractivity contribution is -0.141. The quantitative estimate of drug-likeness (QED) is 0.784. The molecule has 2 N–H and O–H groups in total. The number of nitrogens with zero attached hydrogens (tertiary/aromatic N) is 5. The van der Waals surface area contributed by atoms with Crippen LogP contribution in [0.3, 0.4) is 0 Å². The molecule has 1 aliphatic heterocycles. The number of hydrogen-bond donors (Lipinski definition) is 2. The molecule has 0 bridgehead atoms. The molecule has 0 radical (unpaired) electrons. The van der Waals surface area contributed by atoms with Gasteiger partial charge in [0.05, 0.1) is 5.69 Å². The zero-order valence-electron chi connectivity index (χ0n) is 16.8. The predicted molar refractivity (Wildman–Crippen MR) is 104 cm³/mol. The average Bonchev–Trinajstić information content (AvgIpc) is 2.65. The SMILES string of the molecule is Cc1nc(CC2CC(Nc3cc(C(F)(F)F)ncn3)C2)nc2c1NC(=O)[C@H](C)N2C. The van der Waals surface area contributed by atoms with Gasteiger partial charge in [0, 0.05) is 25.6 Å². The van der Waals surface area contributed by atoms with Gasteiger partial charge in [0.15, 0.2) is 5.82 Å². The first kappa shape index (κ1) is 20.3. The van der Waals surface area contributed by atoms with E-state index in [0.29, 0.717) is 29.7 Å². The highest BCUT2D eigenvalue weighted by atomic mass is 19.4. The van der Waals surface area contributed by atoms with Crippen LogP contribution in [0.5, 0.6) is 0 Å². The topological polar surface area (TPSA) is 95.9 Å². The van der Waals surface area contributed by atoms with E-state index in [1.807, 2.05) is 25.8 Å². The number of aryl methyl sites for hydroxylation is 1. The summed E-state index contributed by atoms with van der Waals surface area (Å²) in [5.74, 6) is 1.82. The number of carbonyl (C=O) groups excluding carboxylic acids is 1. The number of amides is 1. The molecular formula is C19H22F3N7O. The summed E-state index contributed by atoms with van der Waals surface area (Å²) in [5, 5.41) is 5.90. The summed E-state index contributed by atoms with van der Waals surface area (Å²) in [5.41, 5.74) is 0.401. The Labute approximate surface area is 171 Å². The Morgan fingerprint density at radius 2 is 2.00 bits per heavy atom. The van der Waals surface area contributed by atoms with Crippen LogP contribution in [0.15, 0.2) is 12.4 Å². The van der Waals surface area contributed by atoms with E-state index in [1.165, 1.54) is 0 Å². The van der Waals surface area contributed by atoms with Crippen LogP contribution >= 0.6 is 0 Å². The molecule has 30 heavy (non-hydrogen) atoms. The molecule has 160 valence electrons. The maximum Gasteiger partial charge on any atom is 0.433 e. The summed E-state index contributed by atoms with van der Waals surface area (Å²) in [6.07, 6.45) is -1.34. The first-order chi connectivity index (χ1) is 14.1. The summed E-state index contributed by atoms with van der Waals surface area (Å²) in [7, 11) is 1.83. The zero-order chi connectivity index (χ0) is 21.6. The Morgan fingerprint density at radius 1 is 1.27 bits per heavy atom. The summed E-state index contributed by atoms with van der Waals surface area (Å²) in [4.78, 5) is 30.2. The Hall–Kier alpha value is -2.98. The third-order valence-corrected chi connectivity index (χ3v) is 5.68. The van der Waals surface area contributed by atoms with Crippen LogP contribution in [-0.2, 0) is 17.4 Å². The zero-order valence-corrected chi connectivity index (χ0v) is 16.8. The van der Waals surface area contributed by atoms with Gasteiger partial charge in [-0.05, 0) is 32.6 Å². The van der Waals surface area contributed by atoms with E-state index in [9.17, 15) is 18.0 Å². The number of likely N-dealkylation sites (N-methyl/N-ethyl adjacent to an activating group) is 1. The molecule has 2 aliphatic rings. The molecule has 1 atom stereocenters. The van der Waals surface area contributed by atoms with Gasteiger partial charge in [-0.15, -0.1) is 0 Å². The first-order valence-electron chi connectivity index (χ1n) is 9.68. The van der Waals surface area contributed by atoms with Crippen molar-refractivity contribution < 1.29 is 18.0 Å². The van der Waals surface area contributed by atoms with Crippen LogP contribution in [0, 0.1) is 12.8 Å². The smallest absolute Gasteiger partial charge is 0.367 e. The highest BCUT2D eigenvalue weighted by Gasteiger charge is 2.35. The monoisotopic (exact) mass is 421 g/mol. The Morgan fingerprint density at radius 3 is 2.70 bits per heavy atom. The lowest BCUT2D eigenvalue weighted by Crippen LogP contribution is -2.45. The van der Waals surface area contributed by atoms with Gasteiger partial charge in [-0.25, -0.2) is 19.9 Å². The summed E-state index contributed by atoms with van der Waals surface area (Å²) in [6.45, 7) is 3.65. The first-order valence-corrected chi connectivity index (χ1v) is 9.68. The minimum Gasteiger partial charge on any atom is -0.367 e. The second kappa shape index (κ2) is 7.37. The van der Waals surface area contributed by atoms with E-state index >= 15 is 0 Å². The molecule has 1 saturated carbocycles. The number of halogens is 3. The largest absolute Gasteiger partial charge is 0.433 e. The van der Waals surface area contributed by atoms with Crippen molar-refractivity contribution in [3.05, 3.63) is 29.6 Å². The van der Waals surface area contributed by atoms with Gasteiger partial charge in [-0.2, -0.15) is 13.2 Å². The van der Waals surface area contributed by atoms with Crippen LogP contribution in [0.4, 0.5) is 30.5 Å². The third kappa shape index (κ3) is 3.88. The number of hydrogen-bond acceptors (Lipinski definition) is 7. The van der Waals surface area contributed by atoms with Crippen molar-refractivity contribution in [3.63, 3.8) is 0 Å². The van der Waals surface area contributed by atoms with Gasteiger partial charge >= 0.3 is 6.18 Å². The molecule has 2 aromatic rings. The van der Waals surface area contributed by atoms with Crippen LogP contribution in [-0.4, -0.2) is 45.0 Å². The Balaban J connectivity index is 1.38. The van der Waals surface area contributed by atoms with Crippen LogP contribution in [0.2, 0.25) is 0 Å². The fourth-order valence-corrected chi connectivity index (χ4v) is 3.77. The number of fused-ring (bicyclic) bond motifs is 1. The molecule has 8 nitrogen and oxygen atoms in total. The van der Waals surface area contributed by atoms with Crippen LogP contribution in [0.1, 0.15) is 37.0 Å². The van der Waals surface area contributed by atoms with Gasteiger partial charge < -0.3 is 15.5 Å². The number of carbonyl (C=O) groups is 1. The minimum atomic E-state index is -4.49. The fourth-order valence-electron chi connectivity index (χ4n) is 3.77. The van der Waals surface area contributed by atoms with Gasteiger partial charge in [-0.1, -0.05) is 0 Å². The van der Waals surface area contributed by atoms with Gasteiger partial charge in [0.25, 0.3) is 0 Å². The highest BCUT2D eigenvalue weighted by molar-refractivity contribution is 6.02. The van der Waals surface area contributed by atoms with Crippen LogP contribution in [0.25, 0.3) is 0 Å². The Kier molecular flexibility index (Phi) is 4.99. The maximum absolute atomic E-state index is 12.8. The van der Waals surface area contributed by atoms with E-state index in [4.69, 9.17) is 0 Å². The molecule has 1 aliphatic carbocycles. The molecule has 0 spiro atoms. The van der Waals surface area contributed by atoms with Gasteiger partial charge in [0.2, 0.25) is 5.91 Å². The molecule has 4 rings (SSSR count). The van der Waals surface area contributed by atoms with Gasteiger partial charge in [-0.3, -0.25) is 4.79 Å². The molecular weight excluding hydrogens is 399 g/mol. The molecule has 0 aromatic carbocycles. The lowest BCUT2D eigenvalue weighted by atomic mass is 9.78. The van der Waals surface area contributed by atoms with Gasteiger partial charge in [0.1, 0.15) is 35.4 Å². The van der Waals surface area contributed by atoms with E-state index in [2.05, 4.69) is 30.6 Å². The molecule has 0 saturated heterocycles. The second-order valence-corrected chi connectivity index (χ2v) is 7.87. The van der Waals surface area contributed by atoms with E-state index in [1.54, 1.807) is 0 Å². The van der Waals surface area contributed by atoms with E-state index < -0.39 is 11.9 Å². The number of aromatic nitrogens is 4. The van der Waals surface area contributed by atoms with Crippen molar-refractivity contribution in [2.75, 3.05) is 22.6 Å². The normalized spacial score (nSPS) is 23.5. The predicted octanol–water partition coefficient (Wildman–Crippen LogP) is 2.80. The highest BCUT2D eigenvalue weighted by Crippen LogP contribution is 2.35. The van der Waals surface area contributed by atoms with Crippen molar-refractivity contribution in [1.82, 2.24) is 19.9 Å². The number of rotatable bonds is 4. The van der Waals surface area contributed by atoms with Crippen molar-refractivity contribution in [2.45, 2.75) is 51.4 Å². The summed E-state index contributed by atoms with van der Waals surface area (Å²) in [6, 6.07) is 0.659. The molecule has 2 aromatic heterocycles. The average molecular weight is 421 g/mol. The third-order valence-electron chi connectivity index (χ3n) is 5.68. The molecule has 1 fully saturated rings. The van der Waals surface area contributed by atoms with Crippen molar-refractivity contribution in [1.29, 1.82) is 0 Å². The van der Waals surface area contributed by atoms with Crippen LogP contribution < -0.4 is 15.5 Å². The molecule has 11 heteroatoms. The van der Waals surface area contributed by atoms with Crippen molar-refractivity contribution in [3.8, 4) is 0 Å². The number of anilines is 3. The van der Waals surface area contributed by atoms with Crippen molar-refractivity contribution >= 4 is 23.2 Å². The van der Waals surface area contributed by atoms with E-state index in [-0.39, 0.29) is 23.8 Å². The lowest BCUT2D eigenvalue weighted by Gasteiger charge is -2.36. The standard InChI is InChI=1S/C19H22F3N7O/c1-9-16-17(29(3)10(2)18(30)28-16)27-15(25-9)6-11-4-12(5-11)26-14-7-13(19(20,21)22)23-8-24-14/h7-8,10-12H,4-6H2,1-3H3,(H,28,30)(H,23,24,26)/t10-,11?,12?/m0/s1. The van der Waals surface area contributed by atoms with E-state index in [0.717, 1.165) is 30.9 Å². The minimum absolute atomic E-state index is 0.0479. The van der Waals surface area contributed by atoms with Crippen molar-refractivity contribution in [2.24, 2.45) is 5.92 Å². The number of alkyl halides is 3. The second-order valence-electron chi connectivity index (χ2n) is 7.87. The summed E-state index contributed by atoms with van der Waals surface area (Å²) < 4.78 is 38.3. The summed E-state index contributed by atoms with van der Waals surface area (Å²) >= 11 is 0. The maximum atomic E-state index is 12.8. The molecule has 0 unspecified atom stereocenters.